The van der Waals surface area contributed by atoms with Crippen molar-refractivity contribution in [3.8, 4) is 11.5 Å². The van der Waals surface area contributed by atoms with Gasteiger partial charge in [0.25, 0.3) is 5.91 Å². The van der Waals surface area contributed by atoms with E-state index in [2.05, 4.69) is 0 Å². The number of carbonyl (C=O) groups excluding carboxylic acids is 1. The first-order valence-corrected chi connectivity index (χ1v) is 10.3. The first kappa shape index (κ1) is 21.0. The third-order valence-electron chi connectivity index (χ3n) is 4.22. The van der Waals surface area contributed by atoms with E-state index < -0.39 is 0 Å². The summed E-state index contributed by atoms with van der Waals surface area (Å²) in [7, 11) is 3.18. The Balaban J connectivity index is 1.75. The molecule has 1 saturated heterocycles. The van der Waals surface area contributed by atoms with Crippen LogP contribution in [0.4, 0.5) is 0 Å². The molecular formula is C20H17Cl2NO3S2. The van der Waals surface area contributed by atoms with Gasteiger partial charge in [0, 0.05) is 22.2 Å². The summed E-state index contributed by atoms with van der Waals surface area (Å²) >= 11 is 19.1. The molecule has 0 aromatic heterocycles. The van der Waals surface area contributed by atoms with Gasteiger partial charge in [-0.1, -0.05) is 59.3 Å². The van der Waals surface area contributed by atoms with Crippen LogP contribution in [0.1, 0.15) is 11.1 Å². The summed E-state index contributed by atoms with van der Waals surface area (Å²) < 4.78 is 11.1. The molecule has 0 spiro atoms. The molecule has 1 amide bonds. The van der Waals surface area contributed by atoms with Gasteiger partial charge < -0.3 is 9.47 Å². The lowest BCUT2D eigenvalue weighted by molar-refractivity contribution is -0.122. The highest BCUT2D eigenvalue weighted by Gasteiger charge is 2.32. The molecule has 8 heteroatoms. The van der Waals surface area contributed by atoms with Crippen molar-refractivity contribution < 1.29 is 14.3 Å². The molecule has 146 valence electrons. The van der Waals surface area contributed by atoms with E-state index in [0.717, 1.165) is 5.56 Å². The molecule has 4 nitrogen and oxygen atoms in total. The third-order valence-corrected chi connectivity index (χ3v) is 6.26. The van der Waals surface area contributed by atoms with Crippen LogP contribution in [0.5, 0.6) is 11.5 Å². The van der Waals surface area contributed by atoms with Crippen LogP contribution in [-0.2, 0) is 11.2 Å². The smallest absolute Gasteiger partial charge is 0.266 e. The fraction of sp³-hybridized carbons (Fsp3) is 0.200. The fourth-order valence-corrected chi connectivity index (χ4v) is 4.55. The summed E-state index contributed by atoms with van der Waals surface area (Å²) in [6, 6.07) is 10.9. The number of amides is 1. The number of thiocarbonyl (C=S) groups is 1. The van der Waals surface area contributed by atoms with Crippen molar-refractivity contribution in [3.63, 3.8) is 0 Å². The van der Waals surface area contributed by atoms with Crippen molar-refractivity contribution in [2.45, 2.75) is 6.42 Å². The van der Waals surface area contributed by atoms with Gasteiger partial charge in [-0.15, -0.1) is 0 Å². The van der Waals surface area contributed by atoms with Crippen molar-refractivity contribution >= 4 is 63.5 Å². The predicted octanol–water partition coefficient (Wildman–Crippen LogP) is 5.45. The van der Waals surface area contributed by atoms with E-state index in [1.807, 2.05) is 18.2 Å². The number of rotatable bonds is 6. The molecule has 1 fully saturated rings. The molecule has 28 heavy (non-hydrogen) atoms. The largest absolute Gasteiger partial charge is 0.493 e. The van der Waals surface area contributed by atoms with Crippen molar-refractivity contribution in [3.05, 3.63) is 62.5 Å². The molecule has 0 bridgehead atoms. The van der Waals surface area contributed by atoms with Crippen molar-refractivity contribution in [1.29, 1.82) is 0 Å². The number of carbonyl (C=O) groups is 1. The van der Waals surface area contributed by atoms with E-state index in [1.165, 1.54) is 11.8 Å². The molecule has 1 aliphatic heterocycles. The van der Waals surface area contributed by atoms with E-state index >= 15 is 0 Å². The Bertz CT molecular complexity index is 942. The molecule has 0 N–H and O–H groups in total. The van der Waals surface area contributed by atoms with Crippen LogP contribution >= 0.6 is 47.2 Å². The quantitative estimate of drug-likeness (QED) is 0.429. The summed E-state index contributed by atoms with van der Waals surface area (Å²) in [5, 5.41) is 0.978. The number of nitrogens with zero attached hydrogens (tertiary/aromatic N) is 1. The van der Waals surface area contributed by atoms with Crippen molar-refractivity contribution in [1.82, 2.24) is 4.90 Å². The van der Waals surface area contributed by atoms with Gasteiger partial charge in [0.05, 0.1) is 19.1 Å². The summed E-state index contributed by atoms with van der Waals surface area (Å²) in [6.07, 6.45) is 2.33. The van der Waals surface area contributed by atoms with E-state index in [4.69, 9.17) is 44.9 Å². The lowest BCUT2D eigenvalue weighted by Gasteiger charge is -2.15. The Morgan fingerprint density at radius 1 is 1.11 bits per heavy atom. The lowest BCUT2D eigenvalue weighted by atomic mass is 10.1. The third kappa shape index (κ3) is 4.46. The molecule has 3 rings (SSSR count). The van der Waals surface area contributed by atoms with Crippen LogP contribution in [0.15, 0.2) is 41.3 Å². The first-order chi connectivity index (χ1) is 13.4. The highest BCUT2D eigenvalue weighted by Crippen LogP contribution is 2.36. The predicted molar refractivity (Wildman–Crippen MR) is 120 cm³/mol. The van der Waals surface area contributed by atoms with E-state index in [9.17, 15) is 4.79 Å². The van der Waals surface area contributed by atoms with Crippen LogP contribution < -0.4 is 9.47 Å². The average molecular weight is 454 g/mol. The van der Waals surface area contributed by atoms with Crippen LogP contribution in [-0.4, -0.2) is 35.9 Å². The minimum absolute atomic E-state index is 0.147. The molecule has 2 aromatic rings. The van der Waals surface area contributed by atoms with Crippen LogP contribution in [0.3, 0.4) is 0 Å². The zero-order valence-corrected chi connectivity index (χ0v) is 18.3. The number of benzene rings is 2. The summed E-state index contributed by atoms with van der Waals surface area (Å²) in [5.74, 6) is 1.17. The second-order valence-electron chi connectivity index (χ2n) is 5.91. The maximum Gasteiger partial charge on any atom is 0.266 e. The molecule has 0 radical (unpaired) electrons. The van der Waals surface area contributed by atoms with Crippen LogP contribution in [0.2, 0.25) is 10.0 Å². The minimum Gasteiger partial charge on any atom is -0.493 e. The molecular weight excluding hydrogens is 437 g/mol. The number of halogens is 2. The summed E-state index contributed by atoms with van der Waals surface area (Å²) in [6.45, 7) is 0.466. The molecule has 1 aliphatic rings. The monoisotopic (exact) mass is 453 g/mol. The molecule has 0 saturated carbocycles. The molecule has 0 atom stereocenters. The van der Waals surface area contributed by atoms with Gasteiger partial charge in [0.1, 0.15) is 4.32 Å². The Labute approximate surface area is 183 Å². The first-order valence-electron chi connectivity index (χ1n) is 8.35. The van der Waals surface area contributed by atoms with E-state index in [-0.39, 0.29) is 5.91 Å². The van der Waals surface area contributed by atoms with Gasteiger partial charge in [-0.05, 0) is 42.3 Å². The fourth-order valence-electron chi connectivity index (χ4n) is 2.75. The Hall–Kier alpha value is -1.73. The number of methoxy groups -OCH3 is 2. The van der Waals surface area contributed by atoms with Gasteiger partial charge in [0.2, 0.25) is 0 Å². The average Bonchev–Trinajstić information content (AvgIpc) is 2.95. The number of thioether (sulfide) groups is 1. The molecule has 1 heterocycles. The van der Waals surface area contributed by atoms with Crippen LogP contribution in [0.25, 0.3) is 6.08 Å². The highest BCUT2D eigenvalue weighted by atomic mass is 35.5. The lowest BCUT2D eigenvalue weighted by Crippen LogP contribution is -2.30. The Morgan fingerprint density at radius 2 is 1.79 bits per heavy atom. The summed E-state index contributed by atoms with van der Waals surface area (Å²) in [5.41, 5.74) is 1.64. The van der Waals surface area contributed by atoms with E-state index in [1.54, 1.807) is 43.4 Å². The number of hydrogen-bond donors (Lipinski definition) is 0. The zero-order valence-electron chi connectivity index (χ0n) is 15.2. The Kier molecular flexibility index (Phi) is 6.88. The zero-order chi connectivity index (χ0) is 20.3. The topological polar surface area (TPSA) is 38.8 Å². The molecule has 2 aromatic carbocycles. The van der Waals surface area contributed by atoms with Gasteiger partial charge in [-0.2, -0.15) is 0 Å². The van der Waals surface area contributed by atoms with Gasteiger partial charge in [-0.25, -0.2) is 0 Å². The maximum absolute atomic E-state index is 12.8. The second-order valence-corrected chi connectivity index (χ2v) is 8.40. The number of hydrogen-bond acceptors (Lipinski definition) is 5. The van der Waals surface area contributed by atoms with E-state index in [0.29, 0.717) is 49.3 Å². The Morgan fingerprint density at radius 3 is 2.43 bits per heavy atom. The van der Waals surface area contributed by atoms with Crippen LogP contribution in [0, 0.1) is 0 Å². The summed E-state index contributed by atoms with van der Waals surface area (Å²) in [4.78, 5) is 14.9. The van der Waals surface area contributed by atoms with Crippen molar-refractivity contribution in [2.75, 3.05) is 20.8 Å². The second kappa shape index (κ2) is 9.18. The van der Waals surface area contributed by atoms with Gasteiger partial charge >= 0.3 is 0 Å². The highest BCUT2D eigenvalue weighted by molar-refractivity contribution is 8.26. The maximum atomic E-state index is 12.8. The molecule has 0 aliphatic carbocycles. The minimum atomic E-state index is -0.147. The van der Waals surface area contributed by atoms with Gasteiger partial charge in [0.15, 0.2) is 11.5 Å². The molecule has 0 unspecified atom stereocenters. The normalized spacial score (nSPS) is 15.4. The van der Waals surface area contributed by atoms with Gasteiger partial charge in [-0.3, -0.25) is 9.69 Å². The van der Waals surface area contributed by atoms with Crippen molar-refractivity contribution in [2.24, 2.45) is 0 Å². The standard InChI is InChI=1S/C20H17Cl2NO3S2/c1-25-16-7-6-12(10-17(16)26-2)8-9-23-19(24)18(28-20(23)27)11-13-14(21)4-3-5-15(13)22/h3-7,10-11H,8-9H2,1-2H3/b18-11-. The number of ether oxygens (including phenoxy) is 2. The SMILES string of the molecule is COc1ccc(CCN2C(=O)/C(=C/c3c(Cl)cccc3Cl)SC2=S)cc1OC.